The van der Waals surface area contributed by atoms with E-state index in [1.165, 1.54) is 6.20 Å². The molecule has 1 atom stereocenters. The molecule has 0 fully saturated rings. The van der Waals surface area contributed by atoms with Gasteiger partial charge in [-0.2, -0.15) is 4.98 Å². The summed E-state index contributed by atoms with van der Waals surface area (Å²) in [4.78, 5) is 19.8. The number of rotatable bonds is 8. The molecule has 0 unspecified atom stereocenters. The standard InChI is InChI=1S/C13H22N4O4/c1-9(2)10(8-18)15-13(19)17-12-14-5-4-11(16-12)21-7-6-20-3/h4-5,9-10,18H,6-8H2,1-3H3,(H2,14,15,16,17,19)/t10-/m1/s1. The monoisotopic (exact) mass is 298 g/mol. The molecule has 0 aliphatic carbocycles. The Balaban J connectivity index is 2.53. The Hall–Kier alpha value is -1.93. The number of aliphatic hydroxyl groups is 1. The minimum absolute atomic E-state index is 0.116. The lowest BCUT2D eigenvalue weighted by Crippen LogP contribution is -2.43. The van der Waals surface area contributed by atoms with Gasteiger partial charge in [0.25, 0.3) is 0 Å². The van der Waals surface area contributed by atoms with Gasteiger partial charge in [-0.1, -0.05) is 13.8 Å². The SMILES string of the molecule is COCCOc1ccnc(NC(=O)N[C@H](CO)C(C)C)n1. The minimum atomic E-state index is -0.475. The molecule has 1 aromatic rings. The Kier molecular flexibility index (Phi) is 7.41. The fraction of sp³-hybridized carbons (Fsp3) is 0.615. The van der Waals surface area contributed by atoms with Crippen LogP contribution in [0.15, 0.2) is 12.3 Å². The highest BCUT2D eigenvalue weighted by atomic mass is 16.5. The maximum atomic E-state index is 11.8. The average molecular weight is 298 g/mol. The van der Waals surface area contributed by atoms with Crippen molar-refractivity contribution in [2.24, 2.45) is 5.92 Å². The topological polar surface area (TPSA) is 106 Å². The minimum Gasteiger partial charge on any atom is -0.475 e. The first-order valence-electron chi connectivity index (χ1n) is 6.70. The van der Waals surface area contributed by atoms with Crippen LogP contribution in [-0.2, 0) is 4.74 Å². The number of aromatic nitrogens is 2. The second-order valence-corrected chi connectivity index (χ2v) is 4.69. The molecule has 0 aliphatic rings. The van der Waals surface area contributed by atoms with E-state index in [9.17, 15) is 9.90 Å². The maximum Gasteiger partial charge on any atom is 0.321 e. The van der Waals surface area contributed by atoms with Crippen molar-refractivity contribution in [1.29, 1.82) is 0 Å². The number of anilines is 1. The predicted octanol–water partition coefficient (Wildman–Crippen LogP) is 0.640. The molecule has 118 valence electrons. The number of hydrogen-bond acceptors (Lipinski definition) is 6. The number of nitrogens with zero attached hydrogens (tertiary/aromatic N) is 2. The number of nitrogens with one attached hydrogen (secondary N) is 2. The van der Waals surface area contributed by atoms with Crippen LogP contribution in [0.25, 0.3) is 0 Å². The van der Waals surface area contributed by atoms with Crippen molar-refractivity contribution in [2.45, 2.75) is 19.9 Å². The normalized spacial score (nSPS) is 12.0. The largest absolute Gasteiger partial charge is 0.475 e. The lowest BCUT2D eigenvalue weighted by molar-refractivity contribution is 0.143. The van der Waals surface area contributed by atoms with Crippen molar-refractivity contribution >= 4 is 12.0 Å². The van der Waals surface area contributed by atoms with Crippen LogP contribution in [0.2, 0.25) is 0 Å². The van der Waals surface area contributed by atoms with Gasteiger partial charge < -0.3 is 19.9 Å². The quantitative estimate of drug-likeness (QED) is 0.608. The number of hydrogen-bond donors (Lipinski definition) is 3. The summed E-state index contributed by atoms with van der Waals surface area (Å²) in [5, 5.41) is 14.3. The van der Waals surface area contributed by atoms with Crippen LogP contribution >= 0.6 is 0 Å². The molecule has 1 heterocycles. The zero-order valence-corrected chi connectivity index (χ0v) is 12.5. The van der Waals surface area contributed by atoms with Crippen LogP contribution in [-0.4, -0.2) is 54.1 Å². The van der Waals surface area contributed by atoms with E-state index in [0.717, 1.165) is 0 Å². The van der Waals surface area contributed by atoms with Gasteiger partial charge in [-0.15, -0.1) is 0 Å². The molecule has 1 aromatic heterocycles. The molecule has 0 bridgehead atoms. The van der Waals surface area contributed by atoms with Crippen LogP contribution < -0.4 is 15.4 Å². The Morgan fingerprint density at radius 3 is 2.81 bits per heavy atom. The van der Waals surface area contributed by atoms with E-state index in [-0.39, 0.29) is 24.5 Å². The summed E-state index contributed by atoms with van der Waals surface area (Å²) in [5.74, 6) is 0.591. The van der Waals surface area contributed by atoms with E-state index < -0.39 is 6.03 Å². The number of carbonyl (C=O) groups is 1. The summed E-state index contributed by atoms with van der Waals surface area (Å²) < 4.78 is 10.2. The Labute approximate surface area is 123 Å². The molecule has 3 N–H and O–H groups in total. The third-order valence-corrected chi connectivity index (χ3v) is 2.71. The highest BCUT2D eigenvalue weighted by Gasteiger charge is 2.15. The van der Waals surface area contributed by atoms with Crippen LogP contribution in [0.4, 0.5) is 10.7 Å². The summed E-state index contributed by atoms with van der Waals surface area (Å²) in [6.07, 6.45) is 1.48. The molecular weight excluding hydrogens is 276 g/mol. The number of methoxy groups -OCH3 is 1. The fourth-order valence-electron chi connectivity index (χ4n) is 1.44. The van der Waals surface area contributed by atoms with Gasteiger partial charge in [-0.05, 0) is 5.92 Å². The Morgan fingerprint density at radius 1 is 1.43 bits per heavy atom. The zero-order chi connectivity index (χ0) is 15.7. The molecule has 1 rings (SSSR count). The van der Waals surface area contributed by atoms with E-state index in [0.29, 0.717) is 19.1 Å². The van der Waals surface area contributed by atoms with Crippen molar-refractivity contribution in [3.8, 4) is 5.88 Å². The van der Waals surface area contributed by atoms with Gasteiger partial charge in [0.1, 0.15) is 6.61 Å². The lowest BCUT2D eigenvalue weighted by Gasteiger charge is -2.19. The number of amides is 2. The van der Waals surface area contributed by atoms with Crippen molar-refractivity contribution in [3.05, 3.63) is 12.3 Å². The smallest absolute Gasteiger partial charge is 0.321 e. The molecule has 2 amide bonds. The van der Waals surface area contributed by atoms with Crippen LogP contribution in [0.3, 0.4) is 0 Å². The molecule has 0 saturated carbocycles. The third-order valence-electron chi connectivity index (χ3n) is 2.71. The van der Waals surface area contributed by atoms with Crippen molar-refractivity contribution in [2.75, 3.05) is 32.2 Å². The number of aliphatic hydroxyl groups excluding tert-OH is 1. The molecule has 21 heavy (non-hydrogen) atoms. The van der Waals surface area contributed by atoms with E-state index in [2.05, 4.69) is 20.6 Å². The van der Waals surface area contributed by atoms with Crippen molar-refractivity contribution in [3.63, 3.8) is 0 Å². The summed E-state index contributed by atoms with van der Waals surface area (Å²) >= 11 is 0. The third kappa shape index (κ3) is 6.37. The van der Waals surface area contributed by atoms with Crippen LogP contribution in [0.1, 0.15) is 13.8 Å². The second kappa shape index (κ2) is 9.09. The van der Waals surface area contributed by atoms with Gasteiger partial charge in [-0.3, -0.25) is 5.32 Å². The highest BCUT2D eigenvalue weighted by molar-refractivity contribution is 5.87. The van der Waals surface area contributed by atoms with Crippen molar-refractivity contribution < 1.29 is 19.4 Å². The zero-order valence-electron chi connectivity index (χ0n) is 12.5. The number of carbonyl (C=O) groups excluding carboxylic acids is 1. The molecule has 0 aromatic carbocycles. The van der Waals surface area contributed by atoms with Gasteiger partial charge in [0.2, 0.25) is 11.8 Å². The number of urea groups is 1. The predicted molar refractivity (Wildman–Crippen MR) is 77.3 cm³/mol. The van der Waals surface area contributed by atoms with Crippen molar-refractivity contribution in [1.82, 2.24) is 15.3 Å². The molecule has 0 radical (unpaired) electrons. The highest BCUT2D eigenvalue weighted by Crippen LogP contribution is 2.08. The summed E-state index contributed by atoms with van der Waals surface area (Å²) in [7, 11) is 1.58. The lowest BCUT2D eigenvalue weighted by atomic mass is 10.1. The maximum absolute atomic E-state index is 11.8. The van der Waals surface area contributed by atoms with Gasteiger partial charge in [0.05, 0.1) is 19.3 Å². The fourth-order valence-corrected chi connectivity index (χ4v) is 1.44. The van der Waals surface area contributed by atoms with E-state index >= 15 is 0 Å². The molecule has 0 spiro atoms. The first-order valence-corrected chi connectivity index (χ1v) is 6.70. The van der Waals surface area contributed by atoms with E-state index in [1.54, 1.807) is 13.2 Å². The summed E-state index contributed by atoms with van der Waals surface area (Å²) in [5.41, 5.74) is 0. The average Bonchev–Trinajstić information content (AvgIpc) is 2.45. The van der Waals surface area contributed by atoms with Gasteiger partial charge in [-0.25, -0.2) is 9.78 Å². The molecule has 0 saturated heterocycles. The number of ether oxygens (including phenoxy) is 2. The Morgan fingerprint density at radius 2 is 2.19 bits per heavy atom. The van der Waals surface area contributed by atoms with Gasteiger partial charge >= 0.3 is 6.03 Å². The second-order valence-electron chi connectivity index (χ2n) is 4.69. The molecule has 0 aliphatic heterocycles. The van der Waals surface area contributed by atoms with E-state index in [1.807, 2.05) is 13.8 Å². The molecule has 8 heteroatoms. The molecule has 8 nitrogen and oxygen atoms in total. The summed E-state index contributed by atoms with van der Waals surface area (Å²) in [6.45, 7) is 4.48. The van der Waals surface area contributed by atoms with E-state index in [4.69, 9.17) is 9.47 Å². The van der Waals surface area contributed by atoms with Crippen LogP contribution in [0, 0.1) is 5.92 Å². The van der Waals surface area contributed by atoms with Gasteiger partial charge in [0.15, 0.2) is 0 Å². The first-order chi connectivity index (χ1) is 10.1. The first kappa shape index (κ1) is 17.1. The Bertz CT molecular complexity index is 442. The van der Waals surface area contributed by atoms with Gasteiger partial charge in [0, 0.05) is 19.4 Å². The van der Waals surface area contributed by atoms with Crippen LogP contribution in [0.5, 0.6) is 5.88 Å². The molecular formula is C13H22N4O4. The summed E-state index contributed by atoms with van der Waals surface area (Å²) in [6, 6.07) is 0.784.